The van der Waals surface area contributed by atoms with Crippen LogP contribution in [0.4, 0.5) is 0 Å². The summed E-state index contributed by atoms with van der Waals surface area (Å²) in [6, 6.07) is 8.29. The summed E-state index contributed by atoms with van der Waals surface area (Å²) >= 11 is 0. The molecule has 0 N–H and O–H groups in total. The standard InChI is InChI=1S/C13H13N3/c1-15-8-3-4-12(15)13-10-6-9-16(2)11(10)5-7-14-13/h3-9H,1-2H3. The number of aromatic nitrogens is 3. The van der Waals surface area contributed by atoms with E-state index in [1.165, 1.54) is 10.9 Å². The molecule has 3 rings (SSSR count). The first-order chi connectivity index (χ1) is 7.77. The van der Waals surface area contributed by atoms with Gasteiger partial charge in [-0.25, -0.2) is 0 Å². The predicted octanol–water partition coefficient (Wildman–Crippen LogP) is 2.58. The zero-order valence-corrected chi connectivity index (χ0v) is 9.38. The van der Waals surface area contributed by atoms with E-state index in [1.807, 2.05) is 31.6 Å². The van der Waals surface area contributed by atoms with E-state index in [9.17, 15) is 0 Å². The molecular formula is C13H13N3. The fourth-order valence-corrected chi connectivity index (χ4v) is 2.11. The van der Waals surface area contributed by atoms with Crippen LogP contribution < -0.4 is 0 Å². The lowest BCUT2D eigenvalue weighted by Gasteiger charge is -2.04. The minimum Gasteiger partial charge on any atom is -0.350 e. The Bertz CT molecular complexity index is 646. The van der Waals surface area contributed by atoms with Gasteiger partial charge in [0, 0.05) is 38.1 Å². The third kappa shape index (κ3) is 1.18. The van der Waals surface area contributed by atoms with Gasteiger partial charge in [0.2, 0.25) is 0 Å². The largest absolute Gasteiger partial charge is 0.350 e. The SMILES string of the molecule is Cn1cccc1-c1nccc2c1ccn2C. The van der Waals surface area contributed by atoms with Crippen molar-refractivity contribution < 1.29 is 0 Å². The molecule has 0 saturated heterocycles. The van der Waals surface area contributed by atoms with Crippen molar-refractivity contribution in [2.75, 3.05) is 0 Å². The highest BCUT2D eigenvalue weighted by Crippen LogP contribution is 2.26. The summed E-state index contributed by atoms with van der Waals surface area (Å²) in [5.74, 6) is 0. The monoisotopic (exact) mass is 211 g/mol. The molecule has 0 unspecified atom stereocenters. The van der Waals surface area contributed by atoms with Gasteiger partial charge < -0.3 is 9.13 Å². The molecule has 0 aliphatic carbocycles. The summed E-state index contributed by atoms with van der Waals surface area (Å²) in [6.07, 6.45) is 5.97. The highest BCUT2D eigenvalue weighted by atomic mass is 15.0. The van der Waals surface area contributed by atoms with E-state index in [2.05, 4.69) is 39.5 Å². The number of hydrogen-bond donors (Lipinski definition) is 0. The normalized spacial score (nSPS) is 11.1. The minimum atomic E-state index is 1.05. The van der Waals surface area contributed by atoms with E-state index in [4.69, 9.17) is 0 Å². The maximum Gasteiger partial charge on any atom is 0.0959 e. The number of hydrogen-bond acceptors (Lipinski definition) is 1. The lowest BCUT2D eigenvalue weighted by molar-refractivity contribution is 0.932. The van der Waals surface area contributed by atoms with E-state index < -0.39 is 0 Å². The molecule has 0 bridgehead atoms. The summed E-state index contributed by atoms with van der Waals surface area (Å²) in [7, 11) is 4.09. The Hall–Kier alpha value is -2.03. The van der Waals surface area contributed by atoms with Gasteiger partial charge in [-0.3, -0.25) is 4.98 Å². The van der Waals surface area contributed by atoms with Crippen molar-refractivity contribution >= 4 is 10.9 Å². The van der Waals surface area contributed by atoms with Crippen LogP contribution in [0.2, 0.25) is 0 Å². The molecule has 0 aliphatic rings. The molecule has 3 heterocycles. The van der Waals surface area contributed by atoms with Crippen LogP contribution in [0, 0.1) is 0 Å². The molecule has 3 heteroatoms. The van der Waals surface area contributed by atoms with Crippen LogP contribution in [-0.4, -0.2) is 14.1 Å². The average molecular weight is 211 g/mol. The number of nitrogens with zero attached hydrogens (tertiary/aromatic N) is 3. The minimum absolute atomic E-state index is 1.05. The van der Waals surface area contributed by atoms with E-state index in [0.29, 0.717) is 0 Å². The summed E-state index contributed by atoms with van der Waals surface area (Å²) in [4.78, 5) is 4.49. The zero-order chi connectivity index (χ0) is 11.1. The Kier molecular flexibility index (Phi) is 1.86. The van der Waals surface area contributed by atoms with Crippen molar-refractivity contribution in [1.82, 2.24) is 14.1 Å². The molecule has 0 spiro atoms. The van der Waals surface area contributed by atoms with Gasteiger partial charge in [0.05, 0.1) is 16.9 Å². The molecular weight excluding hydrogens is 198 g/mol. The molecule has 0 aliphatic heterocycles. The number of rotatable bonds is 1. The lowest BCUT2D eigenvalue weighted by Crippen LogP contribution is -1.93. The second-order valence-electron chi connectivity index (χ2n) is 4.02. The van der Waals surface area contributed by atoms with Gasteiger partial charge in [0.1, 0.15) is 0 Å². The summed E-state index contributed by atoms with van der Waals surface area (Å²) in [5, 5.41) is 1.20. The van der Waals surface area contributed by atoms with Gasteiger partial charge in [-0.05, 0) is 24.3 Å². The van der Waals surface area contributed by atoms with Crippen molar-refractivity contribution in [3.05, 3.63) is 42.9 Å². The Morgan fingerprint density at radius 3 is 2.62 bits per heavy atom. The molecule has 0 fully saturated rings. The van der Waals surface area contributed by atoms with Gasteiger partial charge in [-0.2, -0.15) is 0 Å². The first-order valence-corrected chi connectivity index (χ1v) is 5.29. The molecule has 3 aromatic heterocycles. The summed E-state index contributed by atoms with van der Waals surface area (Å²) in [6.45, 7) is 0. The second kappa shape index (κ2) is 3.23. The number of aryl methyl sites for hydroxylation is 2. The van der Waals surface area contributed by atoms with Crippen molar-refractivity contribution in [2.45, 2.75) is 0 Å². The first kappa shape index (κ1) is 9.21. The van der Waals surface area contributed by atoms with Crippen molar-refractivity contribution in [3.63, 3.8) is 0 Å². The summed E-state index contributed by atoms with van der Waals surface area (Å²) in [5.41, 5.74) is 3.41. The highest BCUT2D eigenvalue weighted by Gasteiger charge is 2.09. The molecule has 3 nitrogen and oxygen atoms in total. The predicted molar refractivity (Wildman–Crippen MR) is 65.1 cm³/mol. The van der Waals surface area contributed by atoms with Crippen LogP contribution in [0.5, 0.6) is 0 Å². The first-order valence-electron chi connectivity index (χ1n) is 5.29. The average Bonchev–Trinajstić information content (AvgIpc) is 2.86. The van der Waals surface area contributed by atoms with Crippen LogP contribution in [0.3, 0.4) is 0 Å². The van der Waals surface area contributed by atoms with Crippen molar-refractivity contribution in [2.24, 2.45) is 14.1 Å². The Morgan fingerprint density at radius 1 is 1.00 bits per heavy atom. The van der Waals surface area contributed by atoms with Crippen LogP contribution in [0.1, 0.15) is 0 Å². The highest BCUT2D eigenvalue weighted by molar-refractivity contribution is 5.92. The zero-order valence-electron chi connectivity index (χ0n) is 9.38. The number of fused-ring (bicyclic) bond motifs is 1. The molecule has 16 heavy (non-hydrogen) atoms. The molecule has 0 radical (unpaired) electrons. The molecule has 0 amide bonds. The fraction of sp³-hybridized carbons (Fsp3) is 0.154. The third-order valence-electron chi connectivity index (χ3n) is 3.00. The maximum absolute atomic E-state index is 4.49. The van der Waals surface area contributed by atoms with E-state index in [1.54, 1.807) is 0 Å². The second-order valence-corrected chi connectivity index (χ2v) is 4.02. The molecule has 3 aromatic rings. The molecule has 0 aromatic carbocycles. The van der Waals surface area contributed by atoms with Crippen molar-refractivity contribution in [1.29, 1.82) is 0 Å². The van der Waals surface area contributed by atoms with E-state index in [-0.39, 0.29) is 0 Å². The van der Waals surface area contributed by atoms with Gasteiger partial charge in [-0.1, -0.05) is 0 Å². The van der Waals surface area contributed by atoms with Gasteiger partial charge in [0.15, 0.2) is 0 Å². The van der Waals surface area contributed by atoms with Gasteiger partial charge in [0.25, 0.3) is 0 Å². The van der Waals surface area contributed by atoms with Crippen LogP contribution in [0.15, 0.2) is 42.9 Å². The van der Waals surface area contributed by atoms with Crippen LogP contribution >= 0.6 is 0 Å². The van der Waals surface area contributed by atoms with Crippen molar-refractivity contribution in [3.8, 4) is 11.4 Å². The summed E-state index contributed by atoms with van der Waals surface area (Å²) < 4.78 is 4.21. The third-order valence-corrected chi connectivity index (χ3v) is 3.00. The Labute approximate surface area is 94.0 Å². The van der Waals surface area contributed by atoms with E-state index in [0.717, 1.165) is 11.4 Å². The smallest absolute Gasteiger partial charge is 0.0959 e. The maximum atomic E-state index is 4.49. The topological polar surface area (TPSA) is 22.8 Å². The van der Waals surface area contributed by atoms with E-state index >= 15 is 0 Å². The molecule has 0 atom stereocenters. The van der Waals surface area contributed by atoms with Gasteiger partial charge >= 0.3 is 0 Å². The molecule has 0 saturated carbocycles. The number of pyridine rings is 1. The lowest BCUT2D eigenvalue weighted by atomic mass is 10.2. The van der Waals surface area contributed by atoms with Gasteiger partial charge in [-0.15, -0.1) is 0 Å². The quantitative estimate of drug-likeness (QED) is 0.606. The van der Waals surface area contributed by atoms with Crippen LogP contribution in [0.25, 0.3) is 22.3 Å². The molecule has 80 valence electrons. The Morgan fingerprint density at radius 2 is 1.88 bits per heavy atom. The fourth-order valence-electron chi connectivity index (χ4n) is 2.11. The van der Waals surface area contributed by atoms with Crippen LogP contribution in [-0.2, 0) is 14.1 Å². The Balaban J connectivity index is 2.36.